The van der Waals surface area contributed by atoms with Gasteiger partial charge in [-0.05, 0) is 27.7 Å². The topological polar surface area (TPSA) is 76.1 Å². The average molecular weight is 266 g/mol. The molecule has 1 rings (SSSR count). The highest BCUT2D eigenvalue weighted by atomic mass is 16.5. The molecule has 0 saturated heterocycles. The van der Waals surface area contributed by atoms with Crippen molar-refractivity contribution in [3.8, 4) is 5.88 Å². The van der Waals surface area contributed by atoms with Crippen LogP contribution in [0.1, 0.15) is 26.5 Å². The van der Waals surface area contributed by atoms with Crippen LogP contribution in [0.5, 0.6) is 5.88 Å². The van der Waals surface area contributed by atoms with Crippen molar-refractivity contribution in [1.29, 1.82) is 0 Å². The van der Waals surface area contributed by atoms with Crippen LogP contribution in [0.3, 0.4) is 0 Å². The quantitative estimate of drug-likeness (QED) is 0.813. The van der Waals surface area contributed by atoms with Crippen LogP contribution < -0.4 is 15.4 Å². The molecule has 0 aromatic carbocycles. The fraction of sp³-hybridized carbons (Fsp3) is 0.615. The molecule has 6 nitrogen and oxygen atoms in total. The lowest BCUT2D eigenvalue weighted by molar-refractivity contribution is -0.128. The Morgan fingerprint density at radius 1 is 1.42 bits per heavy atom. The Morgan fingerprint density at radius 3 is 2.68 bits per heavy atom. The van der Waals surface area contributed by atoms with Gasteiger partial charge in [0.15, 0.2) is 0 Å². The van der Waals surface area contributed by atoms with Gasteiger partial charge in [0.2, 0.25) is 17.7 Å². The number of hydrogen-bond donors (Lipinski definition) is 2. The summed E-state index contributed by atoms with van der Waals surface area (Å²) < 4.78 is 5.36. The number of ether oxygens (including phenoxy) is 1. The fourth-order valence-corrected chi connectivity index (χ4v) is 1.56. The van der Waals surface area contributed by atoms with E-state index in [-0.39, 0.29) is 5.91 Å². The van der Waals surface area contributed by atoms with Crippen molar-refractivity contribution in [3.63, 3.8) is 0 Å². The fourth-order valence-electron chi connectivity index (χ4n) is 1.56. The van der Waals surface area contributed by atoms with Gasteiger partial charge >= 0.3 is 0 Å². The van der Waals surface area contributed by atoms with E-state index in [9.17, 15) is 4.79 Å². The molecule has 0 radical (unpaired) electrons. The SMILES string of the molecule is CCOc1cc(C)nc(NCC(C)(C)C(=O)NC)n1. The first-order chi connectivity index (χ1) is 8.89. The van der Waals surface area contributed by atoms with E-state index in [1.807, 2.05) is 27.7 Å². The molecule has 2 N–H and O–H groups in total. The molecule has 0 spiro atoms. The van der Waals surface area contributed by atoms with E-state index < -0.39 is 5.41 Å². The minimum atomic E-state index is -0.534. The average Bonchev–Trinajstić information content (AvgIpc) is 2.35. The van der Waals surface area contributed by atoms with Crippen LogP contribution in [0.2, 0.25) is 0 Å². The van der Waals surface area contributed by atoms with Gasteiger partial charge in [-0.25, -0.2) is 4.98 Å². The molecule has 1 aromatic heterocycles. The Hall–Kier alpha value is -1.85. The maximum atomic E-state index is 11.7. The lowest BCUT2D eigenvalue weighted by Gasteiger charge is -2.22. The van der Waals surface area contributed by atoms with Gasteiger partial charge in [-0.15, -0.1) is 0 Å². The summed E-state index contributed by atoms with van der Waals surface area (Å²) >= 11 is 0. The molecule has 1 heterocycles. The summed E-state index contributed by atoms with van der Waals surface area (Å²) in [5.74, 6) is 0.980. The summed E-state index contributed by atoms with van der Waals surface area (Å²) in [5.41, 5.74) is 0.284. The lowest BCUT2D eigenvalue weighted by Crippen LogP contribution is -2.39. The van der Waals surface area contributed by atoms with E-state index in [2.05, 4.69) is 20.6 Å². The van der Waals surface area contributed by atoms with E-state index in [1.54, 1.807) is 13.1 Å². The Bertz CT molecular complexity index is 446. The molecule has 0 unspecified atom stereocenters. The predicted molar refractivity (Wildman–Crippen MR) is 74.3 cm³/mol. The minimum Gasteiger partial charge on any atom is -0.478 e. The zero-order valence-electron chi connectivity index (χ0n) is 12.2. The zero-order chi connectivity index (χ0) is 14.5. The van der Waals surface area contributed by atoms with Crippen molar-refractivity contribution >= 4 is 11.9 Å². The van der Waals surface area contributed by atoms with Crippen molar-refractivity contribution in [3.05, 3.63) is 11.8 Å². The number of aromatic nitrogens is 2. The molecule has 106 valence electrons. The molecule has 1 aromatic rings. The normalized spacial score (nSPS) is 11.0. The van der Waals surface area contributed by atoms with Crippen molar-refractivity contribution < 1.29 is 9.53 Å². The summed E-state index contributed by atoms with van der Waals surface area (Å²) in [4.78, 5) is 20.2. The monoisotopic (exact) mass is 266 g/mol. The first-order valence-electron chi connectivity index (χ1n) is 6.33. The predicted octanol–water partition coefficient (Wildman–Crippen LogP) is 1.37. The van der Waals surface area contributed by atoms with E-state index in [1.165, 1.54) is 0 Å². The zero-order valence-corrected chi connectivity index (χ0v) is 12.2. The molecular formula is C13H22N4O2. The van der Waals surface area contributed by atoms with Crippen LogP contribution in [0.15, 0.2) is 6.07 Å². The Balaban J connectivity index is 2.74. The van der Waals surface area contributed by atoms with Crippen LogP contribution >= 0.6 is 0 Å². The van der Waals surface area contributed by atoms with Gasteiger partial charge < -0.3 is 15.4 Å². The molecule has 0 bridgehead atoms. The molecule has 19 heavy (non-hydrogen) atoms. The minimum absolute atomic E-state index is 0.0299. The number of carbonyl (C=O) groups is 1. The second kappa shape index (κ2) is 6.36. The number of rotatable bonds is 6. The Kier molecular flexibility index (Phi) is 5.09. The summed E-state index contributed by atoms with van der Waals surface area (Å²) in [6, 6.07) is 1.78. The van der Waals surface area contributed by atoms with Crippen molar-refractivity contribution in [2.24, 2.45) is 5.41 Å². The van der Waals surface area contributed by atoms with Crippen LogP contribution in [0.25, 0.3) is 0 Å². The van der Waals surface area contributed by atoms with Crippen LogP contribution in [0.4, 0.5) is 5.95 Å². The molecule has 0 fully saturated rings. The molecule has 0 atom stereocenters. The number of nitrogens with zero attached hydrogens (tertiary/aromatic N) is 2. The molecule has 0 aliphatic heterocycles. The van der Waals surface area contributed by atoms with E-state index in [0.29, 0.717) is 25.0 Å². The van der Waals surface area contributed by atoms with E-state index >= 15 is 0 Å². The maximum Gasteiger partial charge on any atom is 0.227 e. The van der Waals surface area contributed by atoms with Gasteiger partial charge in [-0.1, -0.05) is 0 Å². The van der Waals surface area contributed by atoms with Crippen LogP contribution in [0, 0.1) is 12.3 Å². The summed E-state index contributed by atoms with van der Waals surface area (Å²) in [5, 5.41) is 5.72. The van der Waals surface area contributed by atoms with Crippen LogP contribution in [-0.4, -0.2) is 36.1 Å². The van der Waals surface area contributed by atoms with Gasteiger partial charge in [0.05, 0.1) is 12.0 Å². The molecule has 6 heteroatoms. The van der Waals surface area contributed by atoms with Gasteiger partial charge in [0.1, 0.15) is 0 Å². The third kappa shape index (κ3) is 4.39. The first kappa shape index (κ1) is 15.2. The van der Waals surface area contributed by atoms with Crippen LogP contribution in [-0.2, 0) is 4.79 Å². The van der Waals surface area contributed by atoms with Crippen molar-refractivity contribution in [2.45, 2.75) is 27.7 Å². The molecule has 0 saturated carbocycles. The maximum absolute atomic E-state index is 11.7. The highest BCUT2D eigenvalue weighted by Crippen LogP contribution is 2.17. The van der Waals surface area contributed by atoms with Gasteiger partial charge in [-0.3, -0.25) is 4.79 Å². The largest absolute Gasteiger partial charge is 0.478 e. The van der Waals surface area contributed by atoms with Gasteiger partial charge in [0, 0.05) is 25.4 Å². The third-order valence-corrected chi connectivity index (χ3v) is 2.65. The number of amides is 1. The molecule has 0 aliphatic carbocycles. The molecule has 0 aliphatic rings. The first-order valence-corrected chi connectivity index (χ1v) is 6.33. The lowest BCUT2D eigenvalue weighted by atomic mass is 9.92. The highest BCUT2D eigenvalue weighted by molar-refractivity contribution is 5.82. The van der Waals surface area contributed by atoms with Gasteiger partial charge in [0.25, 0.3) is 0 Å². The molecule has 1 amide bonds. The number of anilines is 1. The van der Waals surface area contributed by atoms with E-state index in [0.717, 1.165) is 5.69 Å². The van der Waals surface area contributed by atoms with Gasteiger partial charge in [-0.2, -0.15) is 4.98 Å². The second-order valence-electron chi connectivity index (χ2n) is 4.92. The molecular weight excluding hydrogens is 244 g/mol. The number of nitrogens with one attached hydrogen (secondary N) is 2. The summed E-state index contributed by atoms with van der Waals surface area (Å²) in [6.07, 6.45) is 0. The highest BCUT2D eigenvalue weighted by Gasteiger charge is 2.26. The Morgan fingerprint density at radius 2 is 2.11 bits per heavy atom. The van der Waals surface area contributed by atoms with Crippen molar-refractivity contribution in [2.75, 3.05) is 25.5 Å². The second-order valence-corrected chi connectivity index (χ2v) is 4.92. The standard InChI is InChI=1S/C13H22N4O2/c1-6-19-10-7-9(2)16-12(17-10)15-8-13(3,4)11(18)14-5/h7H,6,8H2,1-5H3,(H,14,18)(H,15,16,17). The smallest absolute Gasteiger partial charge is 0.227 e. The number of carbonyl (C=O) groups excluding carboxylic acids is 1. The summed E-state index contributed by atoms with van der Waals surface area (Å²) in [6.45, 7) is 8.50. The number of hydrogen-bond acceptors (Lipinski definition) is 5. The third-order valence-electron chi connectivity index (χ3n) is 2.65. The summed E-state index contributed by atoms with van der Waals surface area (Å²) in [7, 11) is 1.63. The number of aryl methyl sites for hydroxylation is 1. The van der Waals surface area contributed by atoms with E-state index in [4.69, 9.17) is 4.74 Å². The Labute approximate surface area is 114 Å². The van der Waals surface area contributed by atoms with Crippen molar-refractivity contribution in [1.82, 2.24) is 15.3 Å².